The molecule has 6 heteroatoms. The van der Waals surface area contributed by atoms with Gasteiger partial charge < -0.3 is 14.4 Å². The lowest BCUT2D eigenvalue weighted by Crippen LogP contribution is -2.39. The fourth-order valence-corrected chi connectivity index (χ4v) is 3.39. The van der Waals surface area contributed by atoms with E-state index < -0.39 is 0 Å². The van der Waals surface area contributed by atoms with Gasteiger partial charge in [0.15, 0.2) is 0 Å². The summed E-state index contributed by atoms with van der Waals surface area (Å²) in [5.74, 6) is 1.66. The van der Waals surface area contributed by atoms with E-state index in [2.05, 4.69) is 38.3 Å². The molecule has 1 atom stereocenters. The Balaban J connectivity index is 1.48. The summed E-state index contributed by atoms with van der Waals surface area (Å²) in [6.45, 7) is 5.74. The maximum atomic E-state index is 12.6. The molecule has 2 aromatic heterocycles. The highest BCUT2D eigenvalue weighted by atomic mass is 16.5. The lowest BCUT2D eigenvalue weighted by molar-refractivity contribution is -0.126. The lowest BCUT2D eigenvalue weighted by Gasteiger charge is -2.22. The summed E-state index contributed by atoms with van der Waals surface area (Å²) in [6.07, 6.45) is 4.58. The monoisotopic (exact) mass is 328 g/mol. The molecule has 1 saturated carbocycles. The third-order valence-corrected chi connectivity index (χ3v) is 4.90. The Morgan fingerprint density at radius 2 is 2.29 bits per heavy atom. The molecular weight excluding hydrogens is 304 g/mol. The van der Waals surface area contributed by atoms with Crippen molar-refractivity contribution in [3.05, 3.63) is 41.5 Å². The zero-order valence-corrected chi connectivity index (χ0v) is 14.1. The number of aryl methyl sites for hydroxylation is 1. The molecule has 0 spiro atoms. The summed E-state index contributed by atoms with van der Waals surface area (Å²) in [7, 11) is 0. The number of carbonyl (C=O) groups excluding carboxylic acids is 1. The van der Waals surface area contributed by atoms with Gasteiger partial charge in [0.05, 0.1) is 11.6 Å². The molecule has 4 rings (SSSR count). The van der Waals surface area contributed by atoms with E-state index in [0.29, 0.717) is 12.5 Å². The number of hydrogen-bond donors (Lipinski definition) is 1. The highest BCUT2D eigenvalue weighted by Crippen LogP contribution is 2.28. The van der Waals surface area contributed by atoms with Gasteiger partial charge in [0.2, 0.25) is 5.91 Å². The van der Waals surface area contributed by atoms with Crippen molar-refractivity contribution in [1.82, 2.24) is 19.9 Å². The van der Waals surface area contributed by atoms with Crippen LogP contribution in [0.1, 0.15) is 30.0 Å². The number of nitrogens with zero attached hydrogens (tertiary/aromatic N) is 3. The maximum absolute atomic E-state index is 12.6. The minimum absolute atomic E-state index is 0.0367. The fraction of sp³-hybridized carbons (Fsp3) is 0.556. The zero-order chi connectivity index (χ0) is 16.5. The van der Waals surface area contributed by atoms with Crippen LogP contribution < -0.4 is 5.32 Å². The second-order valence-corrected chi connectivity index (χ2v) is 7.14. The summed E-state index contributed by atoms with van der Waals surface area (Å²) in [4.78, 5) is 14.9. The standard InChI is InChI=1S/C18H24N4O2/c1-13-7-16(20-24-13)11-21-9-15(18(23)19-8-14-4-5-14)10-22-6-2-3-17(22)12-21/h2-3,6-7,14-15H,4-5,8-12H2,1H3,(H,19,23)/t15-/m0/s1. The summed E-state index contributed by atoms with van der Waals surface area (Å²) in [5.41, 5.74) is 2.16. The van der Waals surface area contributed by atoms with Gasteiger partial charge in [-0.2, -0.15) is 0 Å². The van der Waals surface area contributed by atoms with Crippen LogP contribution in [0.5, 0.6) is 0 Å². The number of fused-ring (bicyclic) bond motifs is 1. The number of hydrogen-bond acceptors (Lipinski definition) is 4. The van der Waals surface area contributed by atoms with Crippen molar-refractivity contribution in [2.75, 3.05) is 13.1 Å². The fourth-order valence-electron chi connectivity index (χ4n) is 3.39. The van der Waals surface area contributed by atoms with Crippen molar-refractivity contribution in [3.8, 4) is 0 Å². The molecule has 3 heterocycles. The first-order chi connectivity index (χ1) is 11.7. The first kappa shape index (κ1) is 15.4. The van der Waals surface area contributed by atoms with Gasteiger partial charge in [-0.3, -0.25) is 9.69 Å². The first-order valence-corrected chi connectivity index (χ1v) is 8.73. The molecule has 1 N–H and O–H groups in total. The van der Waals surface area contributed by atoms with E-state index in [1.54, 1.807) is 0 Å². The molecule has 2 aliphatic rings. The second-order valence-electron chi connectivity index (χ2n) is 7.14. The molecule has 1 amide bonds. The first-order valence-electron chi connectivity index (χ1n) is 8.73. The summed E-state index contributed by atoms with van der Waals surface area (Å²) in [5, 5.41) is 7.24. The topological polar surface area (TPSA) is 63.3 Å². The average Bonchev–Trinajstić information content (AvgIpc) is 3.21. The van der Waals surface area contributed by atoms with Gasteiger partial charge in [0.25, 0.3) is 0 Å². The number of rotatable bonds is 5. The Hall–Kier alpha value is -2.08. The third kappa shape index (κ3) is 3.53. The Morgan fingerprint density at radius 1 is 1.42 bits per heavy atom. The van der Waals surface area contributed by atoms with E-state index in [0.717, 1.165) is 37.6 Å². The van der Waals surface area contributed by atoms with E-state index in [4.69, 9.17) is 4.52 Å². The lowest BCUT2D eigenvalue weighted by atomic mass is 10.1. The molecule has 1 aliphatic heterocycles. The summed E-state index contributed by atoms with van der Waals surface area (Å²) >= 11 is 0. The average molecular weight is 328 g/mol. The second kappa shape index (κ2) is 6.43. The SMILES string of the molecule is Cc1cc(CN2Cc3cccn3C[C@@H](C(=O)NCC3CC3)C2)no1. The summed E-state index contributed by atoms with van der Waals surface area (Å²) < 4.78 is 7.38. The Bertz CT molecular complexity index is 716. The molecule has 0 unspecified atom stereocenters. The van der Waals surface area contributed by atoms with Crippen molar-refractivity contribution < 1.29 is 9.32 Å². The van der Waals surface area contributed by atoms with Crippen molar-refractivity contribution >= 4 is 5.91 Å². The van der Waals surface area contributed by atoms with Crippen molar-refractivity contribution in [1.29, 1.82) is 0 Å². The predicted molar refractivity (Wildman–Crippen MR) is 89.0 cm³/mol. The van der Waals surface area contributed by atoms with Crippen LogP contribution in [-0.2, 0) is 24.4 Å². The number of nitrogens with one attached hydrogen (secondary N) is 1. The molecule has 0 bridgehead atoms. The molecule has 0 radical (unpaired) electrons. The van der Waals surface area contributed by atoms with E-state index in [-0.39, 0.29) is 11.8 Å². The summed E-state index contributed by atoms with van der Waals surface area (Å²) in [6, 6.07) is 6.15. The van der Waals surface area contributed by atoms with Crippen LogP contribution in [-0.4, -0.2) is 33.6 Å². The van der Waals surface area contributed by atoms with Crippen LogP contribution >= 0.6 is 0 Å². The van der Waals surface area contributed by atoms with Gasteiger partial charge >= 0.3 is 0 Å². The van der Waals surface area contributed by atoms with Gasteiger partial charge in [-0.1, -0.05) is 5.16 Å². The van der Waals surface area contributed by atoms with E-state index in [9.17, 15) is 4.79 Å². The van der Waals surface area contributed by atoms with Crippen molar-refractivity contribution in [2.45, 2.75) is 39.4 Å². The number of aromatic nitrogens is 2. The zero-order valence-electron chi connectivity index (χ0n) is 14.1. The molecule has 24 heavy (non-hydrogen) atoms. The smallest absolute Gasteiger partial charge is 0.226 e. The van der Waals surface area contributed by atoms with Crippen LogP contribution in [0, 0.1) is 18.8 Å². The molecule has 6 nitrogen and oxygen atoms in total. The molecule has 1 aliphatic carbocycles. The van der Waals surface area contributed by atoms with Crippen molar-refractivity contribution in [2.24, 2.45) is 11.8 Å². The van der Waals surface area contributed by atoms with E-state index in [1.165, 1.54) is 18.5 Å². The molecule has 0 aromatic carbocycles. The van der Waals surface area contributed by atoms with Crippen LogP contribution in [0.2, 0.25) is 0 Å². The van der Waals surface area contributed by atoms with Gasteiger partial charge in [-0.25, -0.2) is 0 Å². The predicted octanol–water partition coefficient (Wildman–Crippen LogP) is 1.94. The Kier molecular flexibility index (Phi) is 4.14. The third-order valence-electron chi connectivity index (χ3n) is 4.90. The van der Waals surface area contributed by atoms with Gasteiger partial charge in [0, 0.05) is 50.7 Å². The van der Waals surface area contributed by atoms with Crippen LogP contribution in [0.25, 0.3) is 0 Å². The minimum Gasteiger partial charge on any atom is -0.361 e. The number of amides is 1. The molecular formula is C18H24N4O2. The van der Waals surface area contributed by atoms with Gasteiger partial charge in [-0.15, -0.1) is 0 Å². The molecule has 1 fully saturated rings. The highest BCUT2D eigenvalue weighted by molar-refractivity contribution is 5.78. The number of carbonyl (C=O) groups is 1. The van der Waals surface area contributed by atoms with E-state index in [1.807, 2.05) is 13.0 Å². The Morgan fingerprint density at radius 3 is 3.04 bits per heavy atom. The normalized spacial score (nSPS) is 21.3. The minimum atomic E-state index is -0.0367. The van der Waals surface area contributed by atoms with Crippen LogP contribution in [0.3, 0.4) is 0 Å². The molecule has 128 valence electrons. The maximum Gasteiger partial charge on any atom is 0.226 e. The molecule has 0 saturated heterocycles. The Labute approximate surface area is 141 Å². The van der Waals surface area contributed by atoms with Crippen molar-refractivity contribution in [3.63, 3.8) is 0 Å². The molecule has 2 aromatic rings. The van der Waals surface area contributed by atoms with Crippen LogP contribution in [0.15, 0.2) is 28.9 Å². The van der Waals surface area contributed by atoms with E-state index >= 15 is 0 Å². The highest BCUT2D eigenvalue weighted by Gasteiger charge is 2.29. The largest absolute Gasteiger partial charge is 0.361 e. The van der Waals surface area contributed by atoms with Gasteiger partial charge in [0.1, 0.15) is 5.76 Å². The van der Waals surface area contributed by atoms with Gasteiger partial charge in [-0.05, 0) is 37.8 Å². The van der Waals surface area contributed by atoms with Crippen LogP contribution in [0.4, 0.5) is 0 Å². The quantitative estimate of drug-likeness (QED) is 0.911.